The van der Waals surface area contributed by atoms with Gasteiger partial charge in [0.1, 0.15) is 18.4 Å². The molecule has 4 atom stereocenters. The molecule has 4 unspecified atom stereocenters. The van der Waals surface area contributed by atoms with Gasteiger partial charge in [0.2, 0.25) is 35.8 Å². The number of carboxylic acid groups (broad SMARTS) is 1. The number of rotatable bonds is 26. The molecule has 7 N–H and O–H groups in total. The number of carbonyl (C=O) groups is 10. The molecule has 3 aromatic carbocycles. The predicted molar refractivity (Wildman–Crippen MR) is 282 cm³/mol. The molecule has 3 heterocycles. The van der Waals surface area contributed by atoms with Crippen molar-refractivity contribution < 1.29 is 77.1 Å². The lowest BCUT2D eigenvalue weighted by Gasteiger charge is -2.31. The number of hydrogen-bond acceptors (Lipinski definition) is 15. The first kappa shape index (κ1) is 60.6. The third-order valence-electron chi connectivity index (χ3n) is 13.2. The summed E-state index contributed by atoms with van der Waals surface area (Å²) in [5.74, 6) is -3.87. The van der Waals surface area contributed by atoms with Crippen LogP contribution in [0.1, 0.15) is 115 Å². The lowest BCUT2D eigenvalue weighted by atomic mass is 10.0. The van der Waals surface area contributed by atoms with Gasteiger partial charge in [0.25, 0.3) is 11.8 Å². The van der Waals surface area contributed by atoms with Crippen molar-refractivity contribution in [2.24, 2.45) is 0 Å². The van der Waals surface area contributed by atoms with Crippen molar-refractivity contribution in [3.8, 4) is 5.75 Å². The van der Waals surface area contributed by atoms with E-state index < -0.39 is 54.4 Å². The van der Waals surface area contributed by atoms with Gasteiger partial charge in [-0.3, -0.25) is 43.8 Å². The van der Waals surface area contributed by atoms with Crippen LogP contribution in [-0.4, -0.2) is 155 Å². The molecule has 0 spiro atoms. The molecule has 426 valence electrons. The largest absolute Gasteiger partial charge is 0.479 e. The lowest BCUT2D eigenvalue weighted by molar-refractivity contribution is -0.195. The van der Waals surface area contributed by atoms with Crippen molar-refractivity contribution in [3.63, 3.8) is 0 Å². The van der Waals surface area contributed by atoms with Gasteiger partial charge in [0.15, 0.2) is 6.10 Å². The average Bonchev–Trinajstić information content (AvgIpc) is 3.77. The van der Waals surface area contributed by atoms with Gasteiger partial charge in [-0.15, -0.1) is 0 Å². The molecule has 0 aliphatic carbocycles. The number of aliphatic carboxylic acids is 1. The Morgan fingerprint density at radius 3 is 2.41 bits per heavy atom. The van der Waals surface area contributed by atoms with Crippen LogP contribution in [0.15, 0.2) is 54.6 Å². The van der Waals surface area contributed by atoms with Gasteiger partial charge in [0.05, 0.1) is 24.9 Å². The molecule has 0 bridgehead atoms. The van der Waals surface area contributed by atoms with Crippen LogP contribution in [0, 0.1) is 0 Å². The van der Waals surface area contributed by atoms with E-state index in [1.54, 1.807) is 49.4 Å². The first-order chi connectivity index (χ1) is 37.8. The van der Waals surface area contributed by atoms with Crippen LogP contribution in [0.4, 0.5) is 15.3 Å². The Balaban J connectivity index is 0.906. The van der Waals surface area contributed by atoms with Crippen LogP contribution in [0.2, 0.25) is 5.02 Å². The van der Waals surface area contributed by atoms with Crippen LogP contribution in [0.3, 0.4) is 0 Å². The van der Waals surface area contributed by atoms with Gasteiger partial charge in [-0.25, -0.2) is 14.4 Å². The topological polar surface area (TPSA) is 318 Å². The number of hydrogen-bond donors (Lipinski definition) is 7. The highest BCUT2D eigenvalue weighted by molar-refractivity contribution is 6.31. The number of ether oxygens (including phenoxy) is 4. The summed E-state index contributed by atoms with van der Waals surface area (Å²) >= 11 is 6.55. The summed E-state index contributed by atoms with van der Waals surface area (Å²) in [7, 11) is 1.52. The maximum absolute atomic E-state index is 13.6. The fourth-order valence-electron chi connectivity index (χ4n) is 8.88. The molecule has 6 rings (SSSR count). The molecular weight excluding hydrogens is 1050 g/mol. The molecule has 0 radical (unpaired) electrons. The van der Waals surface area contributed by atoms with Crippen molar-refractivity contribution in [3.05, 3.63) is 93.0 Å². The summed E-state index contributed by atoms with van der Waals surface area (Å²) in [5, 5.41) is 33.5. The van der Waals surface area contributed by atoms with Gasteiger partial charge in [-0.2, -0.15) is 0 Å². The molecule has 3 aliphatic heterocycles. The smallest absolute Gasteiger partial charge is 0.409 e. The third kappa shape index (κ3) is 17.9. The summed E-state index contributed by atoms with van der Waals surface area (Å²) in [4.78, 5) is 128. The van der Waals surface area contributed by atoms with E-state index in [9.17, 15) is 58.2 Å². The number of piperidine rings is 1. The molecule has 3 aliphatic rings. The van der Waals surface area contributed by atoms with Gasteiger partial charge in [-0.05, 0) is 78.3 Å². The van der Waals surface area contributed by atoms with E-state index in [1.807, 2.05) is 0 Å². The minimum Gasteiger partial charge on any atom is -0.479 e. The van der Waals surface area contributed by atoms with Crippen molar-refractivity contribution in [1.29, 1.82) is 0 Å². The Morgan fingerprint density at radius 2 is 1.67 bits per heavy atom. The van der Waals surface area contributed by atoms with Crippen LogP contribution in [0.25, 0.3) is 0 Å². The SMILES string of the molecule is CCC(=O)N(CCCCCC(=O)NCCNC(=O)c1cc(COC(=O)N(C)CCOCCc2ccc(NC(=O)NCc3ccc4c(c3)CN(C3CCC(=O)NC3=O)C4=O)cc2Cl)ccc1OC1CC(O)CC(C(=O)O)O1)C(C)=O. The number of unbranched alkanes of at least 4 members (excludes halogenated alkanes) is 2. The number of imide groups is 2. The van der Waals surface area contributed by atoms with Gasteiger partial charge in [0, 0.05) is 102 Å². The van der Waals surface area contributed by atoms with E-state index in [0.29, 0.717) is 47.5 Å². The number of halogens is 1. The number of amides is 10. The quantitative estimate of drug-likeness (QED) is 0.0444. The molecular formula is C54H67ClN8O16. The molecule has 2 fully saturated rings. The van der Waals surface area contributed by atoms with Gasteiger partial charge < -0.3 is 60.2 Å². The number of nitrogens with one attached hydrogen (secondary N) is 5. The standard InChI is InChI=1S/C54H67ClN8O16/c1-4-47(68)62(32(2)64)20-7-5-6-8-45(66)56-18-19-57-49(69)40-25-34(10-15-43(40)78-48-28-38(65)27-44(79-48)52(72)73)31-77-54(75)61(3)21-23-76-22-17-35-11-12-37(26-41(35)55)59-53(74)58-29-33-9-13-39-36(24-33)30-63(51(39)71)42-14-16-46(67)60-50(42)70/h9-13,15,24-26,38,42,44,48,65H,4-8,14,16-23,27-31H2,1-3H3,(H,56,66)(H,57,69)(H,72,73)(H2,58,59,74)(H,60,67,70). The van der Waals surface area contributed by atoms with Crippen LogP contribution >= 0.6 is 11.6 Å². The predicted octanol–water partition coefficient (Wildman–Crippen LogP) is 3.77. The number of nitrogens with zero attached hydrogens (tertiary/aromatic N) is 3. The lowest BCUT2D eigenvalue weighted by Crippen LogP contribution is -2.52. The average molecular weight is 1120 g/mol. The van der Waals surface area contributed by atoms with E-state index in [-0.39, 0.29) is 138 Å². The zero-order valence-corrected chi connectivity index (χ0v) is 45.0. The zero-order chi connectivity index (χ0) is 57.2. The molecule has 0 saturated carbocycles. The maximum atomic E-state index is 13.6. The first-order valence-corrected chi connectivity index (χ1v) is 26.4. The van der Waals surface area contributed by atoms with E-state index >= 15 is 0 Å². The number of carbonyl (C=O) groups excluding carboxylic acids is 9. The number of carboxylic acids is 1. The highest BCUT2D eigenvalue weighted by Crippen LogP contribution is 2.30. The fourth-order valence-corrected chi connectivity index (χ4v) is 9.16. The summed E-state index contributed by atoms with van der Waals surface area (Å²) in [6.07, 6.45) is -1.51. The van der Waals surface area contributed by atoms with Gasteiger partial charge in [-0.1, -0.05) is 49.2 Å². The monoisotopic (exact) mass is 1120 g/mol. The summed E-state index contributed by atoms with van der Waals surface area (Å²) in [6.45, 7) is 4.10. The van der Waals surface area contributed by atoms with Crippen molar-refractivity contribution in [2.45, 2.75) is 122 Å². The summed E-state index contributed by atoms with van der Waals surface area (Å²) in [5.41, 5.74) is 3.53. The molecule has 3 aromatic rings. The highest BCUT2D eigenvalue weighted by Gasteiger charge is 2.39. The fraction of sp³-hybridized carbons (Fsp3) is 0.481. The second-order valence-electron chi connectivity index (χ2n) is 19.1. The van der Waals surface area contributed by atoms with Crippen molar-refractivity contribution >= 4 is 76.7 Å². The van der Waals surface area contributed by atoms with Crippen LogP contribution in [-0.2, 0) is 69.1 Å². The number of fused-ring (bicyclic) bond motifs is 1. The first-order valence-electron chi connectivity index (χ1n) is 26.1. The Morgan fingerprint density at radius 1 is 0.899 bits per heavy atom. The molecule has 0 aromatic heterocycles. The van der Waals surface area contributed by atoms with E-state index in [4.69, 9.17) is 30.5 Å². The van der Waals surface area contributed by atoms with E-state index in [2.05, 4.69) is 26.6 Å². The minimum absolute atomic E-state index is 0.00371. The maximum Gasteiger partial charge on any atom is 0.409 e. The Hall–Kier alpha value is -7.67. The Labute approximate surface area is 461 Å². The van der Waals surface area contributed by atoms with Crippen LogP contribution in [0.5, 0.6) is 5.75 Å². The van der Waals surface area contributed by atoms with Gasteiger partial charge >= 0.3 is 18.1 Å². The second kappa shape index (κ2) is 29.3. The Bertz CT molecular complexity index is 2760. The number of urea groups is 1. The molecule has 24 nitrogen and oxygen atoms in total. The molecule has 79 heavy (non-hydrogen) atoms. The normalized spacial score (nSPS) is 17.7. The molecule has 25 heteroatoms. The zero-order valence-electron chi connectivity index (χ0n) is 44.3. The summed E-state index contributed by atoms with van der Waals surface area (Å²) < 4.78 is 22.7. The number of aliphatic hydroxyl groups is 1. The third-order valence-corrected chi connectivity index (χ3v) is 13.6. The number of benzene rings is 3. The number of aliphatic hydroxyl groups excluding tert-OH is 1. The minimum atomic E-state index is -1.34. The van der Waals surface area contributed by atoms with Crippen LogP contribution < -0.4 is 31.3 Å². The molecule has 2 saturated heterocycles. The summed E-state index contributed by atoms with van der Waals surface area (Å²) in [6, 6.07) is 13.5. The van der Waals surface area contributed by atoms with E-state index in [1.165, 1.54) is 40.8 Å². The number of likely N-dealkylation sites (N-methyl/N-ethyl adjacent to an activating group) is 1. The van der Waals surface area contributed by atoms with E-state index in [0.717, 1.165) is 16.7 Å². The molecule has 10 amide bonds. The van der Waals surface area contributed by atoms with Crippen molar-refractivity contribution in [1.82, 2.24) is 36.0 Å². The van der Waals surface area contributed by atoms with Crippen molar-refractivity contribution in [2.75, 3.05) is 51.8 Å². The highest BCUT2D eigenvalue weighted by atomic mass is 35.5. The number of anilines is 1. The Kier molecular flexibility index (Phi) is 22.5. The second-order valence-corrected chi connectivity index (χ2v) is 19.6.